The lowest BCUT2D eigenvalue weighted by Crippen LogP contribution is -2.24. The van der Waals surface area contributed by atoms with Crippen LogP contribution < -0.4 is 5.32 Å². The van der Waals surface area contributed by atoms with Crippen molar-refractivity contribution in [2.24, 2.45) is 0 Å². The van der Waals surface area contributed by atoms with Gasteiger partial charge in [-0.05, 0) is 36.4 Å². The molecule has 2 aromatic carbocycles. The van der Waals surface area contributed by atoms with Crippen LogP contribution in [0.1, 0.15) is 41.4 Å². The summed E-state index contributed by atoms with van der Waals surface area (Å²) in [5, 5.41) is 2.81. The van der Waals surface area contributed by atoms with E-state index in [0.29, 0.717) is 5.69 Å². The molecule has 1 heterocycles. The molecule has 0 aromatic heterocycles. The van der Waals surface area contributed by atoms with E-state index >= 15 is 0 Å². The number of fused-ring (bicyclic) bond motifs is 1. The van der Waals surface area contributed by atoms with Crippen LogP contribution in [0, 0.1) is 0 Å². The number of anilines is 1. The number of nitrogens with zero attached hydrogens (tertiary/aromatic N) is 1. The summed E-state index contributed by atoms with van der Waals surface area (Å²) in [6.07, 6.45) is 0. The standard InChI is InChI=1S/C18H13ClN2O5/c1-21-16(23)11-5-3-9(7-12(11)17(21)24)15(22)20-10-4-6-14(19)13(8-10)18(25)26-2/h3-8H,1-2H3,(H,20,22). The maximum atomic E-state index is 12.4. The van der Waals surface area contributed by atoms with Crippen LogP contribution in [0.3, 0.4) is 0 Å². The van der Waals surface area contributed by atoms with E-state index in [4.69, 9.17) is 11.6 Å². The fraction of sp³-hybridized carbons (Fsp3) is 0.111. The lowest BCUT2D eigenvalue weighted by molar-refractivity contribution is 0.0599. The van der Waals surface area contributed by atoms with Crippen molar-refractivity contribution in [2.75, 3.05) is 19.5 Å². The normalized spacial score (nSPS) is 12.8. The molecule has 0 saturated carbocycles. The molecular formula is C18H13ClN2O5. The van der Waals surface area contributed by atoms with Crippen molar-refractivity contribution < 1.29 is 23.9 Å². The Bertz CT molecular complexity index is 970. The van der Waals surface area contributed by atoms with E-state index in [-0.39, 0.29) is 27.3 Å². The Morgan fingerprint density at radius 2 is 1.73 bits per heavy atom. The highest BCUT2D eigenvalue weighted by Gasteiger charge is 2.33. The third-order valence-electron chi connectivity index (χ3n) is 3.98. The topological polar surface area (TPSA) is 92.8 Å². The average molecular weight is 373 g/mol. The SMILES string of the molecule is COC(=O)c1cc(NC(=O)c2ccc3c(c2)C(=O)N(C)C3=O)ccc1Cl. The Morgan fingerprint density at radius 3 is 2.42 bits per heavy atom. The lowest BCUT2D eigenvalue weighted by Gasteiger charge is -2.09. The van der Waals surface area contributed by atoms with Gasteiger partial charge in [-0.3, -0.25) is 19.3 Å². The van der Waals surface area contributed by atoms with Gasteiger partial charge in [0, 0.05) is 18.3 Å². The summed E-state index contributed by atoms with van der Waals surface area (Å²) in [4.78, 5) is 49.0. The molecule has 0 unspecified atom stereocenters. The number of imide groups is 1. The molecule has 1 aliphatic rings. The van der Waals surface area contributed by atoms with E-state index in [1.165, 1.54) is 50.6 Å². The molecule has 0 saturated heterocycles. The van der Waals surface area contributed by atoms with E-state index in [1.54, 1.807) is 0 Å². The number of hydrogen-bond acceptors (Lipinski definition) is 5. The second-order valence-electron chi connectivity index (χ2n) is 5.57. The maximum absolute atomic E-state index is 12.4. The predicted octanol–water partition coefficient (Wildman–Crippen LogP) is 2.60. The summed E-state index contributed by atoms with van der Waals surface area (Å²) < 4.78 is 4.63. The fourth-order valence-corrected chi connectivity index (χ4v) is 2.77. The second kappa shape index (κ2) is 6.61. The van der Waals surface area contributed by atoms with Gasteiger partial charge in [-0.2, -0.15) is 0 Å². The van der Waals surface area contributed by atoms with Gasteiger partial charge in [0.05, 0.1) is 28.8 Å². The van der Waals surface area contributed by atoms with E-state index in [0.717, 1.165) is 4.90 Å². The molecule has 26 heavy (non-hydrogen) atoms. The number of esters is 1. The number of carbonyl (C=O) groups is 4. The number of rotatable bonds is 3. The predicted molar refractivity (Wildman–Crippen MR) is 93.6 cm³/mol. The van der Waals surface area contributed by atoms with Crippen molar-refractivity contribution in [2.45, 2.75) is 0 Å². The number of carbonyl (C=O) groups excluding carboxylic acids is 4. The summed E-state index contributed by atoms with van der Waals surface area (Å²) in [7, 11) is 2.61. The molecule has 0 aliphatic carbocycles. The van der Waals surface area contributed by atoms with Crippen molar-refractivity contribution in [1.29, 1.82) is 0 Å². The van der Waals surface area contributed by atoms with Gasteiger partial charge in [0.2, 0.25) is 0 Å². The van der Waals surface area contributed by atoms with Gasteiger partial charge < -0.3 is 10.1 Å². The average Bonchev–Trinajstić information content (AvgIpc) is 2.86. The number of hydrogen-bond donors (Lipinski definition) is 1. The molecule has 0 spiro atoms. The van der Waals surface area contributed by atoms with Crippen LogP contribution in [-0.2, 0) is 4.74 Å². The molecule has 2 aromatic rings. The summed E-state index contributed by atoms with van der Waals surface area (Å²) in [6.45, 7) is 0. The molecule has 7 nitrogen and oxygen atoms in total. The third-order valence-corrected chi connectivity index (χ3v) is 4.31. The Kier molecular flexibility index (Phi) is 4.48. The Hall–Kier alpha value is -3.19. The van der Waals surface area contributed by atoms with Crippen molar-refractivity contribution in [3.05, 3.63) is 63.7 Å². The van der Waals surface area contributed by atoms with Crippen LogP contribution in [0.5, 0.6) is 0 Å². The van der Waals surface area contributed by atoms with Gasteiger partial charge >= 0.3 is 5.97 Å². The minimum absolute atomic E-state index is 0.114. The van der Waals surface area contributed by atoms with Crippen molar-refractivity contribution in [3.63, 3.8) is 0 Å². The Labute approximate surface area is 153 Å². The molecule has 132 valence electrons. The molecule has 1 N–H and O–H groups in total. The van der Waals surface area contributed by atoms with Crippen LogP contribution >= 0.6 is 11.6 Å². The van der Waals surface area contributed by atoms with Crippen molar-refractivity contribution >= 4 is 41.0 Å². The summed E-state index contributed by atoms with van der Waals surface area (Å²) in [6, 6.07) is 8.64. The Balaban J connectivity index is 1.87. The van der Waals surface area contributed by atoms with Gasteiger partial charge in [0.1, 0.15) is 0 Å². The summed E-state index contributed by atoms with van der Waals surface area (Å²) >= 11 is 5.94. The highest BCUT2D eigenvalue weighted by Crippen LogP contribution is 2.24. The number of benzene rings is 2. The number of amides is 3. The van der Waals surface area contributed by atoms with E-state index < -0.39 is 23.7 Å². The zero-order valence-electron chi connectivity index (χ0n) is 13.8. The molecule has 0 radical (unpaired) electrons. The molecular weight excluding hydrogens is 360 g/mol. The van der Waals surface area contributed by atoms with E-state index in [2.05, 4.69) is 10.1 Å². The quantitative estimate of drug-likeness (QED) is 0.660. The molecule has 3 amide bonds. The smallest absolute Gasteiger partial charge is 0.339 e. The van der Waals surface area contributed by atoms with Crippen LogP contribution in [0.2, 0.25) is 5.02 Å². The molecule has 8 heteroatoms. The monoisotopic (exact) mass is 372 g/mol. The first-order valence-electron chi connectivity index (χ1n) is 7.49. The van der Waals surface area contributed by atoms with Gasteiger partial charge in [-0.1, -0.05) is 11.6 Å². The van der Waals surface area contributed by atoms with E-state index in [1.807, 2.05) is 0 Å². The van der Waals surface area contributed by atoms with Crippen molar-refractivity contribution in [3.8, 4) is 0 Å². The first-order valence-corrected chi connectivity index (χ1v) is 7.87. The number of halogens is 1. The lowest BCUT2D eigenvalue weighted by atomic mass is 10.1. The van der Waals surface area contributed by atoms with Crippen LogP contribution in [0.4, 0.5) is 5.69 Å². The minimum atomic E-state index is -0.629. The van der Waals surface area contributed by atoms with Crippen LogP contribution in [0.25, 0.3) is 0 Å². The zero-order chi connectivity index (χ0) is 19.0. The van der Waals surface area contributed by atoms with Crippen molar-refractivity contribution in [1.82, 2.24) is 4.90 Å². The fourth-order valence-electron chi connectivity index (χ4n) is 2.58. The third kappa shape index (κ3) is 2.93. The number of nitrogens with one attached hydrogen (secondary N) is 1. The van der Waals surface area contributed by atoms with Crippen LogP contribution in [0.15, 0.2) is 36.4 Å². The first-order chi connectivity index (χ1) is 12.3. The highest BCUT2D eigenvalue weighted by atomic mass is 35.5. The number of methoxy groups -OCH3 is 1. The van der Waals surface area contributed by atoms with Crippen LogP contribution in [-0.4, -0.2) is 42.7 Å². The first kappa shape index (κ1) is 17.6. The maximum Gasteiger partial charge on any atom is 0.339 e. The molecule has 0 atom stereocenters. The molecule has 0 fully saturated rings. The van der Waals surface area contributed by atoms with Gasteiger partial charge in [0.25, 0.3) is 17.7 Å². The summed E-state index contributed by atoms with van der Waals surface area (Å²) in [5.41, 5.74) is 1.09. The van der Waals surface area contributed by atoms with Gasteiger partial charge in [-0.15, -0.1) is 0 Å². The zero-order valence-corrected chi connectivity index (χ0v) is 14.6. The van der Waals surface area contributed by atoms with E-state index in [9.17, 15) is 19.2 Å². The number of ether oxygens (including phenoxy) is 1. The molecule has 3 rings (SSSR count). The molecule has 0 bridgehead atoms. The summed E-state index contributed by atoms with van der Waals surface area (Å²) in [5.74, 6) is -1.99. The highest BCUT2D eigenvalue weighted by molar-refractivity contribution is 6.33. The largest absolute Gasteiger partial charge is 0.465 e. The Morgan fingerprint density at radius 1 is 1.04 bits per heavy atom. The second-order valence-corrected chi connectivity index (χ2v) is 5.98. The molecule has 1 aliphatic heterocycles. The van der Waals surface area contributed by atoms with Gasteiger partial charge in [0.15, 0.2) is 0 Å². The minimum Gasteiger partial charge on any atom is -0.465 e. The van der Waals surface area contributed by atoms with Gasteiger partial charge in [-0.25, -0.2) is 4.79 Å².